The summed E-state index contributed by atoms with van der Waals surface area (Å²) in [4.78, 5) is 4.32. The summed E-state index contributed by atoms with van der Waals surface area (Å²) in [5.74, 6) is 0.764. The van der Waals surface area contributed by atoms with Crippen molar-refractivity contribution in [2.24, 2.45) is 16.6 Å². The normalized spacial score (nSPS) is 25.3. The number of pyridine rings is 1. The third-order valence-electron chi connectivity index (χ3n) is 5.05. The molecule has 1 aromatic heterocycles. The van der Waals surface area contributed by atoms with Gasteiger partial charge in [0.1, 0.15) is 17.9 Å². The Balaban J connectivity index is 2.05. The standard InChI is InChI=1S/C18H21N3O/c1-17(2)15(20)18(3,4)16(17)22-13-8-7-11(10-19)14-12(13)6-5-9-21-14/h5-9,15-16H,20H2,1-4H3/t15-,16-. The van der Waals surface area contributed by atoms with Gasteiger partial charge in [-0.15, -0.1) is 0 Å². The molecule has 1 aliphatic carbocycles. The van der Waals surface area contributed by atoms with Crippen molar-refractivity contribution in [2.75, 3.05) is 0 Å². The van der Waals surface area contributed by atoms with Gasteiger partial charge in [-0.1, -0.05) is 27.7 Å². The average Bonchev–Trinajstić information content (AvgIpc) is 2.51. The Morgan fingerprint density at radius 1 is 1.18 bits per heavy atom. The Labute approximate surface area is 130 Å². The molecule has 0 atom stereocenters. The zero-order valence-electron chi connectivity index (χ0n) is 13.4. The minimum Gasteiger partial charge on any atom is -0.488 e. The maximum absolute atomic E-state index is 9.22. The minimum absolute atomic E-state index is 0.0198. The summed E-state index contributed by atoms with van der Waals surface area (Å²) in [6.07, 6.45) is 1.71. The molecule has 1 fully saturated rings. The highest BCUT2D eigenvalue weighted by Crippen LogP contribution is 2.54. The lowest BCUT2D eigenvalue weighted by molar-refractivity contribution is -0.154. The van der Waals surface area contributed by atoms with Crippen molar-refractivity contribution in [1.82, 2.24) is 4.98 Å². The highest BCUT2D eigenvalue weighted by Gasteiger charge is 2.61. The van der Waals surface area contributed by atoms with Crippen molar-refractivity contribution in [3.63, 3.8) is 0 Å². The molecule has 22 heavy (non-hydrogen) atoms. The molecule has 1 saturated carbocycles. The number of hydrogen-bond donors (Lipinski definition) is 1. The summed E-state index contributed by atoms with van der Waals surface area (Å²) in [7, 11) is 0. The van der Waals surface area contributed by atoms with E-state index in [9.17, 15) is 5.26 Å². The van der Waals surface area contributed by atoms with E-state index in [1.165, 1.54) is 0 Å². The molecule has 0 bridgehead atoms. The molecule has 1 aliphatic rings. The number of benzene rings is 1. The molecule has 114 valence electrons. The molecule has 3 rings (SSSR count). The maximum Gasteiger partial charge on any atom is 0.129 e. The topological polar surface area (TPSA) is 71.9 Å². The van der Waals surface area contributed by atoms with Gasteiger partial charge in [-0.2, -0.15) is 5.26 Å². The summed E-state index contributed by atoms with van der Waals surface area (Å²) in [5, 5.41) is 10.1. The number of hydrogen-bond acceptors (Lipinski definition) is 4. The molecule has 1 heterocycles. The lowest BCUT2D eigenvalue weighted by atomic mass is 9.50. The number of nitrogens with two attached hydrogens (primary N) is 1. The zero-order valence-corrected chi connectivity index (χ0v) is 13.4. The second-order valence-electron chi connectivity index (χ2n) is 7.24. The van der Waals surface area contributed by atoms with Crippen molar-refractivity contribution >= 4 is 10.9 Å². The van der Waals surface area contributed by atoms with Crippen LogP contribution in [0.2, 0.25) is 0 Å². The molecule has 2 aromatic rings. The van der Waals surface area contributed by atoms with Crippen molar-refractivity contribution in [3.8, 4) is 11.8 Å². The number of nitriles is 1. The quantitative estimate of drug-likeness (QED) is 0.923. The lowest BCUT2D eigenvalue weighted by Crippen LogP contribution is -2.72. The third-order valence-corrected chi connectivity index (χ3v) is 5.05. The van der Waals surface area contributed by atoms with Gasteiger partial charge in [-0.25, -0.2) is 0 Å². The number of fused-ring (bicyclic) bond motifs is 1. The van der Waals surface area contributed by atoms with Crippen molar-refractivity contribution < 1.29 is 4.74 Å². The summed E-state index contributed by atoms with van der Waals surface area (Å²) >= 11 is 0. The van der Waals surface area contributed by atoms with Gasteiger partial charge in [0.25, 0.3) is 0 Å². The van der Waals surface area contributed by atoms with Crippen LogP contribution in [0.1, 0.15) is 33.3 Å². The van der Waals surface area contributed by atoms with Crippen LogP contribution in [0.4, 0.5) is 0 Å². The fourth-order valence-corrected chi connectivity index (χ4v) is 3.92. The summed E-state index contributed by atoms with van der Waals surface area (Å²) < 4.78 is 6.33. The fourth-order valence-electron chi connectivity index (χ4n) is 3.92. The first-order valence-corrected chi connectivity index (χ1v) is 7.50. The molecule has 0 spiro atoms. The predicted octanol–water partition coefficient (Wildman–Crippen LogP) is 3.25. The van der Waals surface area contributed by atoms with E-state index in [-0.39, 0.29) is 23.0 Å². The molecule has 0 radical (unpaired) electrons. The van der Waals surface area contributed by atoms with E-state index < -0.39 is 0 Å². The monoisotopic (exact) mass is 295 g/mol. The van der Waals surface area contributed by atoms with Crippen LogP contribution in [-0.4, -0.2) is 17.1 Å². The molecule has 4 heteroatoms. The summed E-state index contributed by atoms with van der Waals surface area (Å²) in [6, 6.07) is 9.70. The maximum atomic E-state index is 9.22. The SMILES string of the molecule is CC1(C)[C@H](N)C(C)(C)[C@H]1Oc1ccc(C#N)c2ncccc12. The van der Waals surface area contributed by atoms with Crippen LogP contribution in [0.5, 0.6) is 5.75 Å². The summed E-state index contributed by atoms with van der Waals surface area (Å²) in [6.45, 7) is 8.55. The third kappa shape index (κ3) is 1.89. The smallest absolute Gasteiger partial charge is 0.129 e. The lowest BCUT2D eigenvalue weighted by Gasteiger charge is -2.61. The number of aromatic nitrogens is 1. The van der Waals surface area contributed by atoms with Crippen LogP contribution >= 0.6 is 0 Å². The van der Waals surface area contributed by atoms with E-state index in [0.29, 0.717) is 11.1 Å². The molecule has 1 aromatic carbocycles. The van der Waals surface area contributed by atoms with Crippen molar-refractivity contribution in [2.45, 2.75) is 39.8 Å². The Morgan fingerprint density at radius 3 is 2.50 bits per heavy atom. The first kappa shape index (κ1) is 14.8. The van der Waals surface area contributed by atoms with E-state index in [0.717, 1.165) is 11.1 Å². The van der Waals surface area contributed by atoms with E-state index in [2.05, 4.69) is 38.7 Å². The average molecular weight is 295 g/mol. The van der Waals surface area contributed by atoms with Crippen LogP contribution in [0, 0.1) is 22.2 Å². The van der Waals surface area contributed by atoms with Gasteiger partial charge in [-0.3, -0.25) is 4.98 Å². The van der Waals surface area contributed by atoms with Gasteiger partial charge in [0.15, 0.2) is 0 Å². The Bertz CT molecular complexity index is 757. The highest BCUT2D eigenvalue weighted by atomic mass is 16.5. The van der Waals surface area contributed by atoms with E-state index >= 15 is 0 Å². The number of ether oxygens (including phenoxy) is 1. The van der Waals surface area contributed by atoms with Crippen molar-refractivity contribution in [1.29, 1.82) is 5.26 Å². The first-order chi connectivity index (χ1) is 10.3. The first-order valence-electron chi connectivity index (χ1n) is 7.50. The minimum atomic E-state index is -0.0913. The molecule has 4 nitrogen and oxygen atoms in total. The van der Waals surface area contributed by atoms with Gasteiger partial charge in [0, 0.05) is 28.5 Å². The second kappa shape index (κ2) is 4.69. The number of rotatable bonds is 2. The van der Waals surface area contributed by atoms with Crippen LogP contribution in [0.25, 0.3) is 10.9 Å². The van der Waals surface area contributed by atoms with Crippen molar-refractivity contribution in [3.05, 3.63) is 36.0 Å². The molecule has 0 saturated heterocycles. The predicted molar refractivity (Wildman–Crippen MR) is 86.4 cm³/mol. The van der Waals surface area contributed by atoms with Crippen LogP contribution in [0.3, 0.4) is 0 Å². The molecular weight excluding hydrogens is 274 g/mol. The molecular formula is C18H21N3O. The Morgan fingerprint density at radius 2 is 1.86 bits per heavy atom. The molecule has 2 N–H and O–H groups in total. The van der Waals surface area contributed by atoms with Crippen LogP contribution in [-0.2, 0) is 0 Å². The largest absolute Gasteiger partial charge is 0.488 e. The van der Waals surface area contributed by atoms with E-state index in [1.54, 1.807) is 12.3 Å². The second-order valence-corrected chi connectivity index (χ2v) is 7.24. The summed E-state index contributed by atoms with van der Waals surface area (Å²) in [5.41, 5.74) is 7.36. The molecule has 0 unspecified atom stereocenters. The molecule has 0 amide bonds. The highest BCUT2D eigenvalue weighted by molar-refractivity contribution is 5.89. The Kier molecular flexibility index (Phi) is 3.15. The van der Waals surface area contributed by atoms with E-state index in [4.69, 9.17) is 10.5 Å². The molecule has 0 aliphatic heterocycles. The van der Waals surface area contributed by atoms with Gasteiger partial charge in [-0.05, 0) is 24.3 Å². The van der Waals surface area contributed by atoms with Gasteiger partial charge >= 0.3 is 0 Å². The van der Waals surface area contributed by atoms with E-state index in [1.807, 2.05) is 18.2 Å². The van der Waals surface area contributed by atoms with Gasteiger partial charge in [0.05, 0.1) is 11.1 Å². The van der Waals surface area contributed by atoms with Gasteiger partial charge < -0.3 is 10.5 Å². The van der Waals surface area contributed by atoms with Crippen LogP contribution in [0.15, 0.2) is 30.5 Å². The Hall–Kier alpha value is -2.12. The van der Waals surface area contributed by atoms with Gasteiger partial charge in [0.2, 0.25) is 0 Å². The zero-order chi connectivity index (χ0) is 16.1. The fraction of sp³-hybridized carbons (Fsp3) is 0.444. The number of nitrogens with zero attached hydrogens (tertiary/aromatic N) is 2. The van der Waals surface area contributed by atoms with Crippen LogP contribution < -0.4 is 10.5 Å².